The lowest BCUT2D eigenvalue weighted by molar-refractivity contribution is -0.649. The van der Waals surface area contributed by atoms with Gasteiger partial charge >= 0.3 is 0 Å². The zero-order chi connectivity index (χ0) is 19.8. The molecule has 0 radical (unpaired) electrons. The highest BCUT2D eigenvalue weighted by molar-refractivity contribution is 6.30. The van der Waals surface area contributed by atoms with Gasteiger partial charge in [0.25, 0.3) is 17.1 Å². The Balaban J connectivity index is 2.06. The Bertz CT molecular complexity index is 1280. The maximum absolute atomic E-state index is 13.0. The van der Waals surface area contributed by atoms with Crippen LogP contribution in [-0.2, 0) is 6.54 Å². The third kappa shape index (κ3) is 2.95. The maximum atomic E-state index is 13.0. The summed E-state index contributed by atoms with van der Waals surface area (Å²) in [7, 11) is 1.51. The van der Waals surface area contributed by atoms with Crippen LogP contribution in [0.15, 0.2) is 59.5 Å². The monoisotopic (exact) mass is 394 g/mol. The number of pyridine rings is 2. The molecule has 0 spiro atoms. The molecule has 28 heavy (non-hydrogen) atoms. The van der Waals surface area contributed by atoms with Gasteiger partial charge in [0.05, 0.1) is 6.54 Å². The molecule has 0 bridgehead atoms. The van der Waals surface area contributed by atoms with Crippen molar-refractivity contribution in [3.05, 3.63) is 81.2 Å². The zero-order valence-corrected chi connectivity index (χ0v) is 15.8. The lowest BCUT2D eigenvalue weighted by atomic mass is 10.1. The van der Waals surface area contributed by atoms with Gasteiger partial charge in [0.15, 0.2) is 0 Å². The highest BCUT2D eigenvalue weighted by atomic mass is 35.5. The largest absolute Gasteiger partial charge is 0.355 e. The Morgan fingerprint density at radius 3 is 2.71 bits per heavy atom. The number of anilines is 1. The lowest BCUT2D eigenvalue weighted by Crippen LogP contribution is -2.43. The van der Waals surface area contributed by atoms with E-state index in [4.69, 9.17) is 17.3 Å². The standard InChI is InChI=1S/C20H16ClN5O2/c1-23-19(27)14-10-15-18(24-16-4-2-3-9-25(16)20(15)28)26(17(14)22)11-12-5-7-13(21)8-6-12/h2-10,22H,11H2,1H3,(H,23,27)/p+1. The molecule has 3 heterocycles. The Hall–Kier alpha value is -3.45. The fourth-order valence-electron chi connectivity index (χ4n) is 3.15. The third-order valence-corrected chi connectivity index (χ3v) is 4.84. The minimum atomic E-state index is -0.373. The van der Waals surface area contributed by atoms with E-state index in [1.54, 1.807) is 41.1 Å². The van der Waals surface area contributed by atoms with E-state index in [2.05, 4.69) is 10.3 Å². The van der Waals surface area contributed by atoms with Gasteiger partial charge in [-0.1, -0.05) is 34.8 Å². The van der Waals surface area contributed by atoms with Crippen LogP contribution in [0.5, 0.6) is 0 Å². The molecule has 1 aromatic carbocycles. The van der Waals surface area contributed by atoms with E-state index in [0.29, 0.717) is 28.2 Å². The van der Waals surface area contributed by atoms with Gasteiger partial charge in [0.2, 0.25) is 11.5 Å². The summed E-state index contributed by atoms with van der Waals surface area (Å²) >= 11 is 5.97. The van der Waals surface area contributed by atoms with Gasteiger partial charge in [0.1, 0.15) is 10.9 Å². The highest BCUT2D eigenvalue weighted by Crippen LogP contribution is 2.16. The molecule has 0 saturated carbocycles. The molecular weight excluding hydrogens is 378 g/mol. The van der Waals surface area contributed by atoms with Gasteiger partial charge in [-0.3, -0.25) is 14.0 Å². The second-order valence-corrected chi connectivity index (χ2v) is 6.75. The number of nitrogens with two attached hydrogens (primary N) is 1. The van der Waals surface area contributed by atoms with E-state index in [1.165, 1.54) is 17.5 Å². The summed E-state index contributed by atoms with van der Waals surface area (Å²) in [5.74, 6) is -0.143. The summed E-state index contributed by atoms with van der Waals surface area (Å²) in [6.07, 6.45) is 1.64. The Morgan fingerprint density at radius 2 is 2.00 bits per heavy atom. The molecule has 3 N–H and O–H groups in total. The molecule has 8 heteroatoms. The number of benzene rings is 1. The van der Waals surface area contributed by atoms with Crippen molar-refractivity contribution in [3.8, 4) is 0 Å². The summed E-state index contributed by atoms with van der Waals surface area (Å²) in [5, 5.41) is 3.49. The van der Waals surface area contributed by atoms with Crippen LogP contribution in [0.1, 0.15) is 15.9 Å². The van der Waals surface area contributed by atoms with E-state index < -0.39 is 0 Å². The van der Waals surface area contributed by atoms with Crippen molar-refractivity contribution in [1.29, 1.82) is 0 Å². The Kier molecular flexibility index (Phi) is 4.44. The molecule has 0 aliphatic carbocycles. The molecule has 140 valence electrons. The van der Waals surface area contributed by atoms with Crippen LogP contribution in [0.25, 0.3) is 16.7 Å². The van der Waals surface area contributed by atoms with Crippen molar-refractivity contribution in [2.45, 2.75) is 6.54 Å². The molecule has 0 fully saturated rings. The van der Waals surface area contributed by atoms with Crippen LogP contribution in [-0.4, -0.2) is 22.3 Å². The molecule has 4 aromatic rings. The van der Waals surface area contributed by atoms with E-state index in [1.807, 2.05) is 12.1 Å². The first-order valence-electron chi connectivity index (χ1n) is 8.59. The number of fused-ring (bicyclic) bond motifs is 2. The van der Waals surface area contributed by atoms with Gasteiger partial charge < -0.3 is 11.1 Å². The summed E-state index contributed by atoms with van der Waals surface area (Å²) in [5.41, 5.74) is 8.10. The SMILES string of the molecule is CNC(=O)c1cc2c(=O)n3ccccc3nc2[n+](Cc2ccc(Cl)cc2)c1N. The first-order valence-corrected chi connectivity index (χ1v) is 8.97. The van der Waals surface area contributed by atoms with Crippen molar-refractivity contribution >= 4 is 40.0 Å². The number of hydrogen-bond acceptors (Lipinski definition) is 4. The summed E-state index contributed by atoms with van der Waals surface area (Å²) in [6, 6.07) is 14.1. The molecule has 4 rings (SSSR count). The second kappa shape index (κ2) is 6.94. The minimum absolute atomic E-state index is 0.221. The van der Waals surface area contributed by atoms with Crippen LogP contribution in [0.3, 0.4) is 0 Å². The number of aromatic nitrogens is 3. The average molecular weight is 395 g/mol. The van der Waals surface area contributed by atoms with Crippen LogP contribution >= 0.6 is 11.6 Å². The fraction of sp³-hybridized carbons (Fsp3) is 0.100. The van der Waals surface area contributed by atoms with Crippen LogP contribution in [0.2, 0.25) is 5.02 Å². The number of nitrogens with one attached hydrogen (secondary N) is 1. The van der Waals surface area contributed by atoms with Gasteiger partial charge in [-0.15, -0.1) is 0 Å². The van der Waals surface area contributed by atoms with E-state index in [0.717, 1.165) is 5.56 Å². The van der Waals surface area contributed by atoms with Gasteiger partial charge in [-0.25, -0.2) is 4.57 Å². The summed E-state index contributed by atoms with van der Waals surface area (Å²) in [4.78, 5) is 30.0. The first-order chi connectivity index (χ1) is 13.5. The first kappa shape index (κ1) is 17.9. The van der Waals surface area contributed by atoms with E-state index >= 15 is 0 Å². The van der Waals surface area contributed by atoms with Crippen molar-refractivity contribution in [1.82, 2.24) is 14.7 Å². The highest BCUT2D eigenvalue weighted by Gasteiger charge is 2.24. The molecule has 0 saturated heterocycles. The number of carbonyl (C=O) groups excluding carboxylic acids is 1. The summed E-state index contributed by atoms with van der Waals surface area (Å²) < 4.78 is 3.12. The van der Waals surface area contributed by atoms with E-state index in [9.17, 15) is 9.59 Å². The molecule has 0 unspecified atom stereocenters. The second-order valence-electron chi connectivity index (χ2n) is 6.32. The number of nitrogen functional groups attached to an aromatic ring is 1. The number of amides is 1. The van der Waals surface area contributed by atoms with E-state index in [-0.39, 0.29) is 22.8 Å². The van der Waals surface area contributed by atoms with Crippen molar-refractivity contribution in [2.75, 3.05) is 12.8 Å². The number of hydrogen-bond donors (Lipinski definition) is 2. The predicted octanol–water partition coefficient (Wildman–Crippen LogP) is 1.78. The molecule has 0 aliphatic rings. The average Bonchev–Trinajstić information content (AvgIpc) is 2.71. The van der Waals surface area contributed by atoms with Crippen LogP contribution in [0, 0.1) is 0 Å². The molecular formula is C20H17ClN5O2+. The predicted molar refractivity (Wildman–Crippen MR) is 108 cm³/mol. The molecule has 1 amide bonds. The number of carbonyl (C=O) groups is 1. The normalized spacial score (nSPS) is 11.1. The number of nitrogens with zero attached hydrogens (tertiary/aromatic N) is 3. The fourth-order valence-corrected chi connectivity index (χ4v) is 3.28. The topological polar surface area (TPSA) is 93.4 Å². The number of rotatable bonds is 3. The Labute approximate surface area is 165 Å². The van der Waals surface area contributed by atoms with Gasteiger partial charge in [0, 0.05) is 18.3 Å². The smallest absolute Gasteiger partial charge is 0.278 e. The summed E-state index contributed by atoms with van der Waals surface area (Å²) in [6.45, 7) is 0.333. The quantitative estimate of drug-likeness (QED) is 0.409. The van der Waals surface area contributed by atoms with Crippen LogP contribution < -0.4 is 21.2 Å². The number of halogens is 1. The molecule has 0 atom stereocenters. The zero-order valence-electron chi connectivity index (χ0n) is 15.0. The van der Waals surface area contributed by atoms with Crippen molar-refractivity contribution in [3.63, 3.8) is 0 Å². The minimum Gasteiger partial charge on any atom is -0.355 e. The molecule has 0 aliphatic heterocycles. The van der Waals surface area contributed by atoms with Crippen LogP contribution in [0.4, 0.5) is 5.82 Å². The van der Waals surface area contributed by atoms with Crippen molar-refractivity contribution < 1.29 is 9.36 Å². The van der Waals surface area contributed by atoms with Gasteiger partial charge in [-0.05, 0) is 35.9 Å². The molecule has 7 nitrogen and oxygen atoms in total. The van der Waals surface area contributed by atoms with Gasteiger partial charge in [-0.2, -0.15) is 0 Å². The lowest BCUT2D eigenvalue weighted by Gasteiger charge is -2.12. The Morgan fingerprint density at radius 1 is 1.25 bits per heavy atom. The third-order valence-electron chi connectivity index (χ3n) is 4.59. The maximum Gasteiger partial charge on any atom is 0.278 e. The molecule has 3 aromatic heterocycles. The van der Waals surface area contributed by atoms with Crippen molar-refractivity contribution in [2.24, 2.45) is 0 Å².